The first-order valence-corrected chi connectivity index (χ1v) is 11.0. The Morgan fingerprint density at radius 1 is 0.963 bits per heavy atom. The van der Waals surface area contributed by atoms with Crippen molar-refractivity contribution < 1.29 is 9.59 Å². The van der Waals surface area contributed by atoms with Crippen LogP contribution in [0.3, 0.4) is 0 Å². The van der Waals surface area contributed by atoms with Crippen LogP contribution in [0.15, 0.2) is 28.7 Å². The van der Waals surface area contributed by atoms with Crippen LogP contribution in [0.5, 0.6) is 0 Å². The molecule has 0 spiro atoms. The van der Waals surface area contributed by atoms with Gasteiger partial charge in [-0.3, -0.25) is 4.79 Å². The normalized spacial score (nSPS) is 18.9. The highest BCUT2D eigenvalue weighted by Gasteiger charge is 2.24. The first-order chi connectivity index (χ1) is 13.1. The summed E-state index contributed by atoms with van der Waals surface area (Å²) in [5.41, 5.74) is 1.17. The number of rotatable bonds is 5. The summed E-state index contributed by atoms with van der Waals surface area (Å²) in [6.07, 6.45) is 8.85. The van der Waals surface area contributed by atoms with Gasteiger partial charge >= 0.3 is 6.03 Å². The van der Waals surface area contributed by atoms with Gasteiger partial charge in [0.15, 0.2) is 0 Å². The zero-order valence-corrected chi connectivity index (χ0v) is 17.5. The van der Waals surface area contributed by atoms with Gasteiger partial charge in [0.05, 0.1) is 0 Å². The quantitative estimate of drug-likeness (QED) is 0.733. The molecule has 1 aromatic rings. The Bertz CT molecular complexity index is 638. The summed E-state index contributed by atoms with van der Waals surface area (Å²) in [6, 6.07) is 8.50. The Hall–Kier alpha value is -1.56. The van der Waals surface area contributed by atoms with Crippen LogP contribution in [0.1, 0.15) is 56.9 Å². The Morgan fingerprint density at radius 3 is 2.26 bits per heavy atom. The second-order valence-corrected chi connectivity index (χ2v) is 8.55. The van der Waals surface area contributed by atoms with Crippen molar-refractivity contribution in [2.24, 2.45) is 0 Å². The smallest absolute Gasteiger partial charge is 0.315 e. The number of nitrogens with zero attached hydrogens (tertiary/aromatic N) is 1. The van der Waals surface area contributed by atoms with E-state index in [1.54, 1.807) is 0 Å². The molecule has 0 bridgehead atoms. The van der Waals surface area contributed by atoms with Gasteiger partial charge in [0, 0.05) is 36.1 Å². The molecule has 6 heteroatoms. The molecule has 0 aromatic heterocycles. The highest BCUT2D eigenvalue weighted by atomic mass is 79.9. The molecule has 0 radical (unpaired) electrons. The zero-order chi connectivity index (χ0) is 19.1. The molecule has 148 valence electrons. The molecule has 3 rings (SSSR count). The molecule has 2 N–H and O–H groups in total. The third-order valence-corrected chi connectivity index (χ3v) is 6.46. The average Bonchev–Trinajstić information content (AvgIpc) is 2.68. The predicted octanol–water partition coefficient (Wildman–Crippen LogP) is 4.00. The number of nitrogens with one attached hydrogen (secondary N) is 2. The fourth-order valence-electron chi connectivity index (χ4n) is 4.03. The largest absolute Gasteiger partial charge is 0.343 e. The van der Waals surface area contributed by atoms with E-state index in [0.717, 1.165) is 49.7 Å². The van der Waals surface area contributed by atoms with E-state index in [4.69, 9.17) is 0 Å². The summed E-state index contributed by atoms with van der Waals surface area (Å²) in [6.45, 7) is 1.45. The number of carbonyl (C=O) groups is 2. The lowest BCUT2D eigenvalue weighted by Crippen LogP contribution is -2.51. The Labute approximate surface area is 170 Å². The van der Waals surface area contributed by atoms with Crippen molar-refractivity contribution in [3.05, 3.63) is 34.3 Å². The summed E-state index contributed by atoms with van der Waals surface area (Å²) in [5.74, 6) is 0.205. The fraction of sp³-hybridized carbons (Fsp3) is 0.619. The van der Waals surface area contributed by atoms with Gasteiger partial charge < -0.3 is 15.5 Å². The molecule has 1 saturated carbocycles. The molecule has 2 aliphatic rings. The van der Waals surface area contributed by atoms with Crippen LogP contribution in [0, 0.1) is 0 Å². The van der Waals surface area contributed by atoms with Gasteiger partial charge in [-0.15, -0.1) is 0 Å². The summed E-state index contributed by atoms with van der Waals surface area (Å²) < 4.78 is 1.06. The maximum absolute atomic E-state index is 12.5. The van der Waals surface area contributed by atoms with E-state index in [0.29, 0.717) is 12.5 Å². The fourth-order valence-corrected chi connectivity index (χ4v) is 4.52. The van der Waals surface area contributed by atoms with Crippen LogP contribution < -0.4 is 10.6 Å². The maximum Gasteiger partial charge on any atom is 0.315 e. The van der Waals surface area contributed by atoms with Gasteiger partial charge in [-0.25, -0.2) is 4.79 Å². The lowest BCUT2D eigenvalue weighted by atomic mass is 9.96. The number of amides is 3. The number of carbonyl (C=O) groups excluding carboxylic acids is 2. The van der Waals surface area contributed by atoms with Gasteiger partial charge in [0.25, 0.3) is 0 Å². The first-order valence-electron chi connectivity index (χ1n) is 10.2. The molecule has 27 heavy (non-hydrogen) atoms. The van der Waals surface area contributed by atoms with Crippen LogP contribution in [0.25, 0.3) is 0 Å². The number of hydrogen-bond acceptors (Lipinski definition) is 2. The van der Waals surface area contributed by atoms with E-state index in [2.05, 4.69) is 32.6 Å². The number of urea groups is 1. The molecule has 0 unspecified atom stereocenters. The molecule has 1 heterocycles. The summed E-state index contributed by atoms with van der Waals surface area (Å²) in [4.78, 5) is 26.6. The molecule has 2 fully saturated rings. The van der Waals surface area contributed by atoms with Crippen LogP contribution in [0.2, 0.25) is 0 Å². The first kappa shape index (κ1) is 20.2. The monoisotopic (exact) mass is 435 g/mol. The van der Waals surface area contributed by atoms with Gasteiger partial charge in [-0.05, 0) is 43.7 Å². The van der Waals surface area contributed by atoms with E-state index in [1.807, 2.05) is 23.1 Å². The summed E-state index contributed by atoms with van der Waals surface area (Å²) in [5, 5.41) is 6.21. The van der Waals surface area contributed by atoms with E-state index in [1.165, 1.54) is 24.8 Å². The van der Waals surface area contributed by atoms with Crippen LogP contribution in [-0.2, 0) is 11.2 Å². The van der Waals surface area contributed by atoms with Crippen molar-refractivity contribution in [3.8, 4) is 0 Å². The van der Waals surface area contributed by atoms with E-state index < -0.39 is 0 Å². The molecule has 1 saturated heterocycles. The topological polar surface area (TPSA) is 61.4 Å². The Balaban J connectivity index is 1.36. The van der Waals surface area contributed by atoms with Gasteiger partial charge in [-0.2, -0.15) is 0 Å². The van der Waals surface area contributed by atoms with Crippen molar-refractivity contribution in [2.45, 2.75) is 69.9 Å². The van der Waals surface area contributed by atoms with Crippen LogP contribution >= 0.6 is 15.9 Å². The number of aryl methyl sites for hydroxylation is 1. The predicted molar refractivity (Wildman–Crippen MR) is 111 cm³/mol. The highest BCUT2D eigenvalue weighted by Crippen LogP contribution is 2.19. The van der Waals surface area contributed by atoms with E-state index in [-0.39, 0.29) is 18.0 Å². The Morgan fingerprint density at radius 2 is 1.59 bits per heavy atom. The molecule has 1 aromatic carbocycles. The highest BCUT2D eigenvalue weighted by molar-refractivity contribution is 9.10. The van der Waals surface area contributed by atoms with Gasteiger partial charge in [0.1, 0.15) is 0 Å². The van der Waals surface area contributed by atoms with Crippen LogP contribution in [0.4, 0.5) is 4.79 Å². The molecule has 5 nitrogen and oxygen atoms in total. The maximum atomic E-state index is 12.5. The number of halogens is 1. The van der Waals surface area contributed by atoms with Gasteiger partial charge in [-0.1, -0.05) is 53.4 Å². The van der Waals surface area contributed by atoms with Crippen molar-refractivity contribution in [2.75, 3.05) is 13.1 Å². The molecular formula is C21H30BrN3O2. The third-order valence-electron chi connectivity index (χ3n) is 5.69. The SMILES string of the molecule is O=C(NC1CCCCC1)NC1CCN(C(=O)CCc2ccccc2Br)CC1. The van der Waals surface area contributed by atoms with E-state index in [9.17, 15) is 9.59 Å². The molecular weight excluding hydrogens is 406 g/mol. The second kappa shape index (κ2) is 10.1. The number of benzene rings is 1. The summed E-state index contributed by atoms with van der Waals surface area (Å²) in [7, 11) is 0. The van der Waals surface area contributed by atoms with Crippen molar-refractivity contribution in [1.82, 2.24) is 15.5 Å². The molecule has 0 atom stereocenters. The van der Waals surface area contributed by atoms with Crippen molar-refractivity contribution in [3.63, 3.8) is 0 Å². The number of likely N-dealkylation sites (tertiary alicyclic amines) is 1. The van der Waals surface area contributed by atoms with E-state index >= 15 is 0 Å². The number of hydrogen-bond donors (Lipinski definition) is 2. The van der Waals surface area contributed by atoms with Crippen LogP contribution in [-0.4, -0.2) is 42.0 Å². The minimum absolute atomic E-state index is 0.0411. The molecule has 3 amide bonds. The zero-order valence-electron chi connectivity index (χ0n) is 15.9. The second-order valence-electron chi connectivity index (χ2n) is 7.70. The minimum Gasteiger partial charge on any atom is -0.343 e. The lowest BCUT2D eigenvalue weighted by Gasteiger charge is -2.33. The average molecular weight is 436 g/mol. The molecule has 1 aliphatic heterocycles. The van der Waals surface area contributed by atoms with Crippen molar-refractivity contribution >= 4 is 27.9 Å². The minimum atomic E-state index is -0.0411. The lowest BCUT2D eigenvalue weighted by molar-refractivity contribution is -0.132. The van der Waals surface area contributed by atoms with Gasteiger partial charge in [0.2, 0.25) is 5.91 Å². The third kappa shape index (κ3) is 6.23. The standard InChI is InChI=1S/C21H30BrN3O2/c22-19-9-5-4-6-16(19)10-11-20(26)25-14-12-18(13-15-25)24-21(27)23-17-7-2-1-3-8-17/h4-6,9,17-18H,1-3,7-8,10-15H2,(H2,23,24,27). The van der Waals surface area contributed by atoms with Crippen molar-refractivity contribution in [1.29, 1.82) is 0 Å². The summed E-state index contributed by atoms with van der Waals surface area (Å²) >= 11 is 3.54. The molecule has 1 aliphatic carbocycles. The Kier molecular flexibility index (Phi) is 7.56. The number of piperidine rings is 1.